The monoisotopic (exact) mass is 562 g/mol. The first-order chi connectivity index (χ1) is 20.4. The Hall–Kier alpha value is -5.50. The van der Waals surface area contributed by atoms with E-state index < -0.39 is 17.8 Å². The van der Waals surface area contributed by atoms with E-state index in [1.807, 2.05) is 0 Å². The molecule has 4 aromatic carbocycles. The maximum absolute atomic E-state index is 13.7. The Morgan fingerprint density at radius 3 is 1.90 bits per heavy atom. The zero-order chi connectivity index (χ0) is 29.6. The van der Waals surface area contributed by atoms with Gasteiger partial charge in [0.2, 0.25) is 0 Å². The molecular formula is C34H27FN2O5. The number of carbonyl (C=O) groups is 3. The van der Waals surface area contributed by atoms with Crippen molar-refractivity contribution in [2.45, 2.75) is 13.0 Å². The highest BCUT2D eigenvalue weighted by molar-refractivity contribution is 6.46. The Morgan fingerprint density at radius 1 is 0.810 bits per heavy atom. The third-order valence-electron chi connectivity index (χ3n) is 6.62. The van der Waals surface area contributed by atoms with E-state index in [4.69, 9.17) is 9.47 Å². The fourth-order valence-corrected chi connectivity index (χ4v) is 4.63. The summed E-state index contributed by atoms with van der Waals surface area (Å²) in [5.74, 6) is -1.01. The minimum absolute atomic E-state index is 0.165. The fourth-order valence-electron chi connectivity index (χ4n) is 4.63. The van der Waals surface area contributed by atoms with Crippen LogP contribution in [0.15, 0.2) is 115 Å². The lowest BCUT2D eigenvalue weighted by Gasteiger charge is -2.34. The van der Waals surface area contributed by atoms with E-state index in [-0.39, 0.29) is 18.0 Å². The molecule has 7 nitrogen and oxygen atoms in total. The van der Waals surface area contributed by atoms with Gasteiger partial charge in [0.1, 0.15) is 18.0 Å². The van der Waals surface area contributed by atoms with Gasteiger partial charge in [-0.15, -0.1) is 6.58 Å². The number of para-hydroxylation sites is 2. The van der Waals surface area contributed by atoms with Crippen LogP contribution in [0.2, 0.25) is 0 Å². The van der Waals surface area contributed by atoms with Gasteiger partial charge in [0.15, 0.2) is 11.5 Å². The van der Waals surface area contributed by atoms with Gasteiger partial charge in [-0.05, 0) is 72.2 Å². The molecule has 4 amide bonds. The first kappa shape index (κ1) is 28.0. The smallest absolute Gasteiger partial charge is 0.343 e. The molecule has 1 saturated heterocycles. The standard InChI is InChI=1S/C34H27FN2O5/c1-3-10-25-19-24(21-30(41-2)31(25)42-22-23-15-17-26(35)18-16-23)20-29-32(38)36(27-11-6-4-7-12-27)34(40)37(33(29)39)28-13-8-5-9-14-28/h3-9,11-21H,1,10,22H2,2H3. The highest BCUT2D eigenvalue weighted by Gasteiger charge is 2.43. The molecule has 4 aromatic rings. The zero-order valence-electron chi connectivity index (χ0n) is 22.8. The van der Waals surface area contributed by atoms with Crippen LogP contribution in [0.1, 0.15) is 16.7 Å². The Bertz CT molecular complexity index is 1600. The van der Waals surface area contributed by atoms with Crippen molar-refractivity contribution in [3.8, 4) is 11.5 Å². The lowest BCUT2D eigenvalue weighted by molar-refractivity contribution is -0.121. The highest BCUT2D eigenvalue weighted by atomic mass is 19.1. The molecule has 0 aromatic heterocycles. The number of hydrogen-bond donors (Lipinski definition) is 0. The van der Waals surface area contributed by atoms with Crippen molar-refractivity contribution >= 4 is 35.3 Å². The third kappa shape index (κ3) is 5.69. The van der Waals surface area contributed by atoms with Gasteiger partial charge in [0.25, 0.3) is 11.8 Å². The van der Waals surface area contributed by atoms with Gasteiger partial charge in [-0.3, -0.25) is 9.59 Å². The zero-order valence-corrected chi connectivity index (χ0v) is 22.8. The second-order valence-electron chi connectivity index (χ2n) is 9.41. The predicted octanol–water partition coefficient (Wildman–Crippen LogP) is 6.73. The molecule has 1 heterocycles. The van der Waals surface area contributed by atoms with Gasteiger partial charge in [0.05, 0.1) is 18.5 Å². The number of carbonyl (C=O) groups excluding carboxylic acids is 3. The molecule has 5 rings (SSSR count). The van der Waals surface area contributed by atoms with E-state index in [2.05, 4.69) is 6.58 Å². The quantitative estimate of drug-likeness (QED) is 0.129. The van der Waals surface area contributed by atoms with Crippen molar-refractivity contribution < 1.29 is 28.2 Å². The van der Waals surface area contributed by atoms with Crippen LogP contribution in [0.4, 0.5) is 20.6 Å². The summed E-state index contributed by atoms with van der Waals surface area (Å²) in [6.07, 6.45) is 3.54. The van der Waals surface area contributed by atoms with E-state index >= 15 is 0 Å². The summed E-state index contributed by atoms with van der Waals surface area (Å²) >= 11 is 0. The molecule has 0 atom stereocenters. The van der Waals surface area contributed by atoms with Crippen molar-refractivity contribution in [3.05, 3.63) is 138 Å². The summed E-state index contributed by atoms with van der Waals surface area (Å²) in [5.41, 5.74) is 2.42. The van der Waals surface area contributed by atoms with Gasteiger partial charge in [0, 0.05) is 5.56 Å². The Balaban J connectivity index is 1.57. The van der Waals surface area contributed by atoms with E-state index in [0.29, 0.717) is 40.4 Å². The lowest BCUT2D eigenvalue weighted by Crippen LogP contribution is -2.57. The molecule has 1 fully saturated rings. The van der Waals surface area contributed by atoms with Gasteiger partial charge in [-0.1, -0.05) is 54.6 Å². The van der Waals surface area contributed by atoms with Crippen LogP contribution < -0.4 is 19.3 Å². The fraction of sp³-hybridized carbons (Fsp3) is 0.0882. The summed E-state index contributed by atoms with van der Waals surface area (Å²) in [4.78, 5) is 43.0. The highest BCUT2D eigenvalue weighted by Crippen LogP contribution is 2.36. The van der Waals surface area contributed by atoms with Crippen LogP contribution in [0.25, 0.3) is 6.08 Å². The van der Waals surface area contributed by atoms with Crippen molar-refractivity contribution in [1.29, 1.82) is 0 Å². The van der Waals surface area contributed by atoms with Crippen molar-refractivity contribution in [3.63, 3.8) is 0 Å². The minimum Gasteiger partial charge on any atom is -0.493 e. The van der Waals surface area contributed by atoms with E-state index in [1.54, 1.807) is 91.0 Å². The number of methoxy groups -OCH3 is 1. The van der Waals surface area contributed by atoms with Crippen LogP contribution in [-0.4, -0.2) is 25.0 Å². The maximum atomic E-state index is 13.7. The van der Waals surface area contributed by atoms with Crippen molar-refractivity contribution in [2.75, 3.05) is 16.9 Å². The molecule has 8 heteroatoms. The second-order valence-corrected chi connectivity index (χ2v) is 9.41. The van der Waals surface area contributed by atoms with E-state index in [1.165, 1.54) is 25.3 Å². The van der Waals surface area contributed by atoms with Crippen LogP contribution in [0, 0.1) is 5.82 Å². The van der Waals surface area contributed by atoms with Crippen molar-refractivity contribution in [1.82, 2.24) is 0 Å². The molecule has 42 heavy (non-hydrogen) atoms. The molecule has 1 aliphatic rings. The molecule has 0 unspecified atom stereocenters. The molecule has 0 radical (unpaired) electrons. The van der Waals surface area contributed by atoms with Crippen LogP contribution >= 0.6 is 0 Å². The van der Waals surface area contributed by atoms with Gasteiger partial charge in [-0.2, -0.15) is 0 Å². The number of urea groups is 1. The van der Waals surface area contributed by atoms with E-state index in [0.717, 1.165) is 15.4 Å². The van der Waals surface area contributed by atoms with Crippen LogP contribution in [0.3, 0.4) is 0 Å². The lowest BCUT2D eigenvalue weighted by atomic mass is 10.0. The number of nitrogens with zero attached hydrogens (tertiary/aromatic N) is 2. The molecule has 0 spiro atoms. The molecule has 1 aliphatic heterocycles. The molecule has 0 saturated carbocycles. The molecule has 210 valence electrons. The van der Waals surface area contributed by atoms with Crippen LogP contribution in [-0.2, 0) is 22.6 Å². The van der Waals surface area contributed by atoms with Gasteiger partial charge >= 0.3 is 6.03 Å². The number of ether oxygens (including phenoxy) is 2. The number of amides is 4. The number of hydrogen-bond acceptors (Lipinski definition) is 5. The first-order valence-electron chi connectivity index (χ1n) is 13.1. The summed E-state index contributed by atoms with van der Waals surface area (Å²) in [6.45, 7) is 4.00. The summed E-state index contributed by atoms with van der Waals surface area (Å²) in [5, 5.41) is 0. The summed E-state index contributed by atoms with van der Waals surface area (Å²) in [7, 11) is 1.48. The molecule has 0 bridgehead atoms. The summed E-state index contributed by atoms with van der Waals surface area (Å²) in [6, 6.07) is 25.5. The average molecular weight is 563 g/mol. The molecule has 0 N–H and O–H groups in total. The predicted molar refractivity (Wildman–Crippen MR) is 159 cm³/mol. The Kier molecular flexibility index (Phi) is 8.24. The van der Waals surface area contributed by atoms with Crippen molar-refractivity contribution in [2.24, 2.45) is 0 Å². The number of halogens is 1. The average Bonchev–Trinajstić information content (AvgIpc) is 3.00. The SMILES string of the molecule is C=CCc1cc(C=C2C(=O)N(c3ccccc3)C(=O)N(c3ccccc3)C2=O)cc(OC)c1OCc1ccc(F)cc1. The Labute approximate surface area is 242 Å². The topological polar surface area (TPSA) is 76.2 Å². The van der Waals surface area contributed by atoms with Crippen LogP contribution in [0.5, 0.6) is 11.5 Å². The third-order valence-corrected chi connectivity index (χ3v) is 6.62. The molecular weight excluding hydrogens is 535 g/mol. The number of anilines is 2. The number of imide groups is 2. The van der Waals surface area contributed by atoms with Gasteiger partial charge < -0.3 is 9.47 Å². The number of rotatable bonds is 9. The van der Waals surface area contributed by atoms with E-state index in [9.17, 15) is 18.8 Å². The first-order valence-corrected chi connectivity index (χ1v) is 13.1. The van der Waals surface area contributed by atoms with Gasteiger partial charge in [-0.25, -0.2) is 19.0 Å². The Morgan fingerprint density at radius 2 is 1.38 bits per heavy atom. The minimum atomic E-state index is -0.769. The number of allylic oxidation sites excluding steroid dienone is 1. The molecule has 0 aliphatic carbocycles. The normalized spacial score (nSPS) is 13.3. The number of benzene rings is 4. The summed E-state index contributed by atoms with van der Waals surface area (Å²) < 4.78 is 25.0. The number of barbiturate groups is 1. The second kappa shape index (κ2) is 12.3. The largest absolute Gasteiger partial charge is 0.493 e. The maximum Gasteiger partial charge on any atom is 0.343 e.